The highest BCUT2D eigenvalue weighted by atomic mass is 32.2. The molecule has 0 aliphatic carbocycles. The van der Waals surface area contributed by atoms with Gasteiger partial charge < -0.3 is 9.47 Å². The van der Waals surface area contributed by atoms with Crippen LogP contribution in [0.4, 0.5) is 0 Å². The molecular weight excluding hydrogens is 741 g/mol. The third kappa shape index (κ3) is 10.3. The Morgan fingerprint density at radius 2 is 0.881 bits per heavy atom. The fourth-order valence-corrected chi connectivity index (χ4v) is 10.7. The van der Waals surface area contributed by atoms with Gasteiger partial charge in [-0.1, -0.05) is 184 Å². The van der Waals surface area contributed by atoms with E-state index in [0.717, 1.165) is 78.2 Å². The van der Waals surface area contributed by atoms with Gasteiger partial charge in [-0.3, -0.25) is 9.80 Å². The molecule has 0 amide bonds. The van der Waals surface area contributed by atoms with Gasteiger partial charge in [0, 0.05) is 60.9 Å². The first-order chi connectivity index (χ1) is 29.2. The van der Waals surface area contributed by atoms with Crippen LogP contribution in [-0.2, 0) is 35.4 Å². The highest BCUT2D eigenvalue weighted by Gasteiger charge is 2.34. The average Bonchev–Trinajstić information content (AvgIpc) is 3.28. The lowest BCUT2D eigenvalue weighted by molar-refractivity contribution is -0.0389. The van der Waals surface area contributed by atoms with Crippen molar-refractivity contribution in [1.29, 1.82) is 0 Å². The Morgan fingerprint density at radius 1 is 0.492 bits per heavy atom. The molecule has 2 fully saturated rings. The van der Waals surface area contributed by atoms with Crippen LogP contribution in [0, 0.1) is 0 Å². The van der Waals surface area contributed by atoms with Gasteiger partial charge in [0.1, 0.15) is 0 Å². The van der Waals surface area contributed by atoms with Gasteiger partial charge in [-0.25, -0.2) is 0 Å². The highest BCUT2D eigenvalue weighted by Crippen LogP contribution is 2.44. The van der Waals surface area contributed by atoms with E-state index in [2.05, 4.69) is 181 Å². The summed E-state index contributed by atoms with van der Waals surface area (Å²) in [6.45, 7) is 11.7. The molecule has 8 rings (SSSR count). The van der Waals surface area contributed by atoms with Crippen molar-refractivity contribution in [2.75, 3.05) is 39.4 Å². The van der Waals surface area contributed by atoms with Crippen LogP contribution in [0.25, 0.3) is 0 Å². The Kier molecular flexibility index (Phi) is 14.4. The van der Waals surface area contributed by atoms with Gasteiger partial charge in [-0.15, -0.1) is 0 Å². The Labute approximate surface area is 357 Å². The molecule has 0 spiro atoms. The van der Waals surface area contributed by atoms with Crippen molar-refractivity contribution in [3.63, 3.8) is 0 Å². The van der Waals surface area contributed by atoms with E-state index in [9.17, 15) is 0 Å². The van der Waals surface area contributed by atoms with E-state index in [0.29, 0.717) is 0 Å². The van der Waals surface area contributed by atoms with Gasteiger partial charge in [0.2, 0.25) is 0 Å². The zero-order valence-corrected chi connectivity index (χ0v) is 35.7. The number of hydrogen-bond donors (Lipinski definition) is 0. The van der Waals surface area contributed by atoms with E-state index < -0.39 is 0 Å². The Balaban J connectivity index is 1.14. The zero-order chi connectivity index (χ0) is 40.2. The quantitative estimate of drug-likeness (QED) is 0.0971. The van der Waals surface area contributed by atoms with Gasteiger partial charge in [0.05, 0.1) is 25.4 Å². The smallest absolute Gasteiger partial charge is 0.0811 e. The predicted octanol–water partition coefficient (Wildman–Crippen LogP) is 11.8. The summed E-state index contributed by atoms with van der Waals surface area (Å²) in [5.74, 6) is 0.256. The summed E-state index contributed by atoms with van der Waals surface area (Å²) in [7, 11) is 0. The topological polar surface area (TPSA) is 24.9 Å². The Morgan fingerprint density at radius 3 is 1.27 bits per heavy atom. The minimum Gasteiger partial charge on any atom is -0.375 e. The maximum atomic E-state index is 6.78. The molecule has 59 heavy (non-hydrogen) atoms. The number of nitrogens with zero attached hydrogens (tertiary/aromatic N) is 2. The third-order valence-electron chi connectivity index (χ3n) is 12.1. The molecule has 0 N–H and O–H groups in total. The van der Waals surface area contributed by atoms with E-state index >= 15 is 0 Å². The molecule has 0 bridgehead atoms. The molecule has 2 aliphatic rings. The molecule has 0 saturated carbocycles. The van der Waals surface area contributed by atoms with Crippen LogP contribution in [0.15, 0.2) is 168 Å². The molecule has 0 radical (unpaired) electrons. The molecule has 4 nitrogen and oxygen atoms in total. The molecule has 6 aromatic carbocycles. The lowest BCUT2D eigenvalue weighted by Crippen LogP contribution is -2.45. The van der Waals surface area contributed by atoms with Crippen molar-refractivity contribution in [2.24, 2.45) is 0 Å². The Bertz CT molecular complexity index is 2020. The molecule has 304 valence electrons. The van der Waals surface area contributed by atoms with Crippen molar-refractivity contribution in [2.45, 2.75) is 86.5 Å². The summed E-state index contributed by atoms with van der Waals surface area (Å²) >= 11 is 1.97. The van der Waals surface area contributed by atoms with Gasteiger partial charge in [-0.2, -0.15) is 0 Å². The summed E-state index contributed by atoms with van der Waals surface area (Å²) in [6.07, 6.45) is 4.29. The standard InChI is InChI=1S/C54H60N2O2S/c1-3-19-45-47(53(43-25-13-7-14-26-43)49-39-55(33-35-57-49)37-41-21-9-5-10-22-41)29-17-31-51(45)59-52-32-18-30-48(46(52)20-4-2)54(44-27-15-8-16-28-44)50-40-56(34-36-58-50)38-42-23-11-6-12-24-42/h5-18,21-32,49-50,53-54H,3-4,19-20,33-40H2,1-2H3/t49-,50-,53+,54?/m0/s1. The fourth-order valence-electron chi connectivity index (χ4n) is 9.44. The minimum absolute atomic E-state index is 0.0493. The molecule has 4 atom stereocenters. The van der Waals surface area contributed by atoms with Crippen molar-refractivity contribution in [3.05, 3.63) is 202 Å². The summed E-state index contributed by atoms with van der Waals surface area (Å²) in [5, 5.41) is 0. The molecule has 1 unspecified atom stereocenters. The van der Waals surface area contributed by atoms with E-state index in [-0.39, 0.29) is 24.0 Å². The van der Waals surface area contributed by atoms with Crippen molar-refractivity contribution in [1.82, 2.24) is 9.80 Å². The van der Waals surface area contributed by atoms with Crippen LogP contribution in [0.5, 0.6) is 0 Å². The first-order valence-electron chi connectivity index (χ1n) is 22.0. The average molecular weight is 801 g/mol. The lowest BCUT2D eigenvalue weighted by Gasteiger charge is -2.38. The van der Waals surface area contributed by atoms with Crippen LogP contribution >= 0.6 is 11.8 Å². The number of ether oxygens (including phenoxy) is 2. The SMILES string of the molecule is CCCc1c(Sc2cccc([C@@H](c3ccccc3)[C@@H]3CN(Cc4ccccc4)CCO3)c2CCC)cccc1C(c1ccccc1)[C@@H]1CN(Cc2ccccc2)CCO1. The van der Waals surface area contributed by atoms with Crippen molar-refractivity contribution < 1.29 is 9.47 Å². The summed E-state index contributed by atoms with van der Waals surface area (Å²) in [5.41, 5.74) is 11.1. The van der Waals surface area contributed by atoms with Gasteiger partial charge in [0.15, 0.2) is 0 Å². The molecule has 2 aliphatic heterocycles. The second-order valence-corrected chi connectivity index (χ2v) is 17.4. The monoisotopic (exact) mass is 800 g/mol. The number of hydrogen-bond acceptors (Lipinski definition) is 5. The Hall–Kier alpha value is -4.49. The molecule has 5 heteroatoms. The van der Waals surface area contributed by atoms with Crippen LogP contribution in [-0.4, -0.2) is 61.4 Å². The number of rotatable bonds is 16. The predicted molar refractivity (Wildman–Crippen MR) is 244 cm³/mol. The first-order valence-corrected chi connectivity index (χ1v) is 22.8. The lowest BCUT2D eigenvalue weighted by atomic mass is 9.82. The second-order valence-electron chi connectivity index (χ2n) is 16.3. The van der Waals surface area contributed by atoms with E-state index in [1.54, 1.807) is 0 Å². The maximum Gasteiger partial charge on any atom is 0.0811 e. The van der Waals surface area contributed by atoms with Crippen LogP contribution in [0.2, 0.25) is 0 Å². The number of benzene rings is 6. The third-order valence-corrected chi connectivity index (χ3v) is 13.3. The van der Waals surface area contributed by atoms with Crippen molar-refractivity contribution >= 4 is 11.8 Å². The molecule has 0 aromatic heterocycles. The summed E-state index contributed by atoms with van der Waals surface area (Å²) < 4.78 is 13.6. The normalized spacial score (nSPS) is 18.7. The van der Waals surface area contributed by atoms with E-state index in [1.165, 1.54) is 54.3 Å². The molecule has 2 heterocycles. The highest BCUT2D eigenvalue weighted by molar-refractivity contribution is 7.99. The molecular formula is C54H60N2O2S. The summed E-state index contributed by atoms with van der Waals surface area (Å²) in [4.78, 5) is 7.88. The minimum atomic E-state index is 0.0493. The molecule has 6 aromatic rings. The van der Waals surface area contributed by atoms with Crippen molar-refractivity contribution in [3.8, 4) is 0 Å². The molecule has 2 saturated heterocycles. The zero-order valence-electron chi connectivity index (χ0n) is 34.9. The number of morpholine rings is 2. The second kappa shape index (κ2) is 20.7. The van der Waals surface area contributed by atoms with Crippen LogP contribution in [0.3, 0.4) is 0 Å². The van der Waals surface area contributed by atoms with Crippen LogP contribution in [0.1, 0.15) is 83.0 Å². The van der Waals surface area contributed by atoms with E-state index in [1.807, 2.05) is 11.8 Å². The van der Waals surface area contributed by atoms with Gasteiger partial charge >= 0.3 is 0 Å². The fraction of sp³-hybridized carbons (Fsp3) is 0.333. The first kappa shape index (κ1) is 41.3. The van der Waals surface area contributed by atoms with E-state index in [4.69, 9.17) is 9.47 Å². The summed E-state index contributed by atoms with van der Waals surface area (Å²) in [6, 6.07) is 58.1. The van der Waals surface area contributed by atoms with Crippen LogP contribution < -0.4 is 0 Å². The largest absolute Gasteiger partial charge is 0.375 e. The van der Waals surface area contributed by atoms with Gasteiger partial charge in [-0.05, 0) is 69.5 Å². The maximum absolute atomic E-state index is 6.78. The van der Waals surface area contributed by atoms with Gasteiger partial charge in [0.25, 0.3) is 0 Å².